The molecule has 100 valence electrons. The summed E-state index contributed by atoms with van der Waals surface area (Å²) in [5.41, 5.74) is 1.41. The quantitative estimate of drug-likeness (QED) is 0.870. The molecule has 0 aromatic heterocycles. The molecule has 3 nitrogen and oxygen atoms in total. The van der Waals surface area contributed by atoms with Crippen molar-refractivity contribution >= 4 is 0 Å². The highest BCUT2D eigenvalue weighted by Gasteiger charge is 2.28. The van der Waals surface area contributed by atoms with Crippen molar-refractivity contribution in [3.8, 4) is 5.75 Å². The lowest BCUT2D eigenvalue weighted by atomic mass is 10.0. The molecule has 1 aliphatic heterocycles. The number of hydrogen-bond donors (Lipinski definition) is 1. The molecule has 1 fully saturated rings. The Morgan fingerprint density at radius 3 is 2.61 bits per heavy atom. The highest BCUT2D eigenvalue weighted by molar-refractivity contribution is 5.27. The predicted molar refractivity (Wildman–Crippen MR) is 72.9 cm³/mol. The van der Waals surface area contributed by atoms with Gasteiger partial charge in [-0.3, -0.25) is 0 Å². The van der Waals surface area contributed by atoms with Crippen LogP contribution in [0.4, 0.5) is 0 Å². The second-order valence-electron chi connectivity index (χ2n) is 5.53. The zero-order valence-electron chi connectivity index (χ0n) is 11.5. The molecular formula is C15H23NO2. The van der Waals surface area contributed by atoms with E-state index in [4.69, 9.17) is 9.47 Å². The fraction of sp³-hybridized carbons (Fsp3) is 0.600. The molecule has 2 rings (SSSR count). The molecule has 1 heterocycles. The van der Waals surface area contributed by atoms with Gasteiger partial charge in [0.25, 0.3) is 0 Å². The molecule has 1 aromatic rings. The Kier molecular flexibility index (Phi) is 4.25. The first kappa shape index (κ1) is 13.4. The second kappa shape index (κ2) is 5.72. The normalized spacial score (nSPS) is 23.6. The van der Waals surface area contributed by atoms with E-state index in [1.54, 1.807) is 0 Å². The Morgan fingerprint density at radius 1 is 1.33 bits per heavy atom. The predicted octanol–water partition coefficient (Wildman–Crippen LogP) is 2.74. The molecule has 0 radical (unpaired) electrons. The lowest BCUT2D eigenvalue weighted by Gasteiger charge is -2.23. The monoisotopic (exact) mass is 249 g/mol. The molecule has 0 saturated carbocycles. The van der Waals surface area contributed by atoms with Crippen molar-refractivity contribution in [3.63, 3.8) is 0 Å². The Bertz CT molecular complexity index is 367. The third-order valence-electron chi connectivity index (χ3n) is 3.23. The summed E-state index contributed by atoms with van der Waals surface area (Å²) in [4.78, 5) is 0. The van der Waals surface area contributed by atoms with Crippen LogP contribution in [0.25, 0.3) is 0 Å². The molecule has 1 unspecified atom stereocenters. The van der Waals surface area contributed by atoms with Crippen LogP contribution in [0, 0.1) is 0 Å². The van der Waals surface area contributed by atoms with E-state index in [9.17, 15) is 0 Å². The van der Waals surface area contributed by atoms with Gasteiger partial charge in [-0.1, -0.05) is 12.1 Å². The third kappa shape index (κ3) is 3.72. The molecule has 1 N–H and O–H groups in total. The molecule has 0 aliphatic carbocycles. The molecule has 0 amide bonds. The maximum atomic E-state index is 5.63. The molecule has 1 aromatic carbocycles. The van der Waals surface area contributed by atoms with E-state index in [2.05, 4.69) is 24.4 Å². The molecule has 3 heteroatoms. The van der Waals surface area contributed by atoms with Gasteiger partial charge in [-0.05, 0) is 44.9 Å². The summed E-state index contributed by atoms with van der Waals surface area (Å²) < 4.78 is 11.1. The standard InChI is InChI=1S/C15H23NO2/c1-12(2)18-14-6-4-13(5-7-14)10-16-15(3)8-9-17-11-15/h4-7,12,16H,8-11H2,1-3H3. The van der Waals surface area contributed by atoms with Crippen LogP contribution in [-0.4, -0.2) is 24.9 Å². The van der Waals surface area contributed by atoms with Crippen LogP contribution in [0.3, 0.4) is 0 Å². The Labute approximate surface area is 109 Å². The zero-order valence-corrected chi connectivity index (χ0v) is 11.5. The first-order chi connectivity index (χ1) is 8.57. The maximum Gasteiger partial charge on any atom is 0.119 e. The van der Waals surface area contributed by atoms with Crippen LogP contribution in [0.15, 0.2) is 24.3 Å². The smallest absolute Gasteiger partial charge is 0.119 e. The van der Waals surface area contributed by atoms with E-state index in [0.717, 1.165) is 31.9 Å². The highest BCUT2D eigenvalue weighted by atomic mass is 16.5. The van der Waals surface area contributed by atoms with E-state index in [-0.39, 0.29) is 11.6 Å². The molecule has 18 heavy (non-hydrogen) atoms. The van der Waals surface area contributed by atoms with E-state index < -0.39 is 0 Å². The van der Waals surface area contributed by atoms with Gasteiger partial charge in [0.15, 0.2) is 0 Å². The zero-order chi connectivity index (χ0) is 13.0. The first-order valence-corrected chi connectivity index (χ1v) is 6.66. The van der Waals surface area contributed by atoms with Crippen molar-refractivity contribution in [2.24, 2.45) is 0 Å². The van der Waals surface area contributed by atoms with E-state index in [1.807, 2.05) is 26.0 Å². The molecule has 1 atom stereocenters. The molecule has 1 aliphatic rings. The number of benzene rings is 1. The Morgan fingerprint density at radius 2 is 2.06 bits per heavy atom. The van der Waals surface area contributed by atoms with E-state index >= 15 is 0 Å². The largest absolute Gasteiger partial charge is 0.491 e. The summed E-state index contributed by atoms with van der Waals surface area (Å²) in [5, 5.41) is 3.57. The summed E-state index contributed by atoms with van der Waals surface area (Å²) in [6, 6.07) is 8.29. The minimum Gasteiger partial charge on any atom is -0.491 e. The lowest BCUT2D eigenvalue weighted by molar-refractivity contribution is 0.171. The van der Waals surface area contributed by atoms with Crippen LogP contribution in [0.5, 0.6) is 5.75 Å². The number of nitrogens with one attached hydrogen (secondary N) is 1. The molecule has 0 bridgehead atoms. The van der Waals surface area contributed by atoms with Crippen molar-refractivity contribution in [2.75, 3.05) is 13.2 Å². The van der Waals surface area contributed by atoms with Gasteiger partial charge in [0, 0.05) is 18.7 Å². The van der Waals surface area contributed by atoms with Gasteiger partial charge in [-0.2, -0.15) is 0 Å². The summed E-state index contributed by atoms with van der Waals surface area (Å²) in [7, 11) is 0. The summed E-state index contributed by atoms with van der Waals surface area (Å²) in [6.07, 6.45) is 1.31. The summed E-state index contributed by atoms with van der Waals surface area (Å²) in [5.74, 6) is 0.934. The van der Waals surface area contributed by atoms with Crippen molar-refractivity contribution in [2.45, 2.75) is 45.4 Å². The van der Waals surface area contributed by atoms with Crippen molar-refractivity contribution in [3.05, 3.63) is 29.8 Å². The molecular weight excluding hydrogens is 226 g/mol. The molecule has 0 spiro atoms. The average molecular weight is 249 g/mol. The van der Waals surface area contributed by atoms with Crippen molar-refractivity contribution < 1.29 is 9.47 Å². The van der Waals surface area contributed by atoms with E-state index in [0.29, 0.717) is 0 Å². The number of hydrogen-bond acceptors (Lipinski definition) is 3. The Balaban J connectivity index is 1.86. The lowest BCUT2D eigenvalue weighted by Crippen LogP contribution is -2.42. The summed E-state index contributed by atoms with van der Waals surface area (Å²) in [6.45, 7) is 8.84. The second-order valence-corrected chi connectivity index (χ2v) is 5.53. The van der Waals surface area contributed by atoms with Gasteiger partial charge in [0.05, 0.1) is 12.7 Å². The number of ether oxygens (including phenoxy) is 2. The fourth-order valence-corrected chi connectivity index (χ4v) is 2.08. The van der Waals surface area contributed by atoms with E-state index in [1.165, 1.54) is 5.56 Å². The van der Waals surface area contributed by atoms with Gasteiger partial charge in [0.1, 0.15) is 5.75 Å². The van der Waals surface area contributed by atoms with Gasteiger partial charge >= 0.3 is 0 Å². The third-order valence-corrected chi connectivity index (χ3v) is 3.23. The van der Waals surface area contributed by atoms with Crippen LogP contribution in [0.1, 0.15) is 32.8 Å². The SMILES string of the molecule is CC(C)Oc1ccc(CNC2(C)CCOC2)cc1. The van der Waals surface area contributed by atoms with Crippen molar-refractivity contribution in [1.82, 2.24) is 5.32 Å². The van der Waals surface area contributed by atoms with Crippen LogP contribution >= 0.6 is 0 Å². The summed E-state index contributed by atoms with van der Waals surface area (Å²) >= 11 is 0. The fourth-order valence-electron chi connectivity index (χ4n) is 2.08. The maximum absolute atomic E-state index is 5.63. The van der Waals surface area contributed by atoms with Gasteiger partial charge in [-0.25, -0.2) is 0 Å². The molecule has 1 saturated heterocycles. The van der Waals surface area contributed by atoms with Crippen molar-refractivity contribution in [1.29, 1.82) is 0 Å². The first-order valence-electron chi connectivity index (χ1n) is 6.66. The number of rotatable bonds is 5. The van der Waals surface area contributed by atoms with Gasteiger partial charge < -0.3 is 14.8 Å². The topological polar surface area (TPSA) is 30.5 Å². The minimum atomic E-state index is 0.132. The van der Waals surface area contributed by atoms with Crippen LogP contribution in [-0.2, 0) is 11.3 Å². The van der Waals surface area contributed by atoms with Gasteiger partial charge in [0.2, 0.25) is 0 Å². The minimum absolute atomic E-state index is 0.132. The Hall–Kier alpha value is -1.06. The van der Waals surface area contributed by atoms with Crippen LogP contribution < -0.4 is 10.1 Å². The average Bonchev–Trinajstić information content (AvgIpc) is 2.75. The van der Waals surface area contributed by atoms with Gasteiger partial charge in [-0.15, -0.1) is 0 Å². The van der Waals surface area contributed by atoms with Crippen LogP contribution in [0.2, 0.25) is 0 Å². The highest BCUT2D eigenvalue weighted by Crippen LogP contribution is 2.19.